The summed E-state index contributed by atoms with van der Waals surface area (Å²) in [4.78, 5) is 22.3. The molecule has 2 aromatic heterocycles. The van der Waals surface area contributed by atoms with Crippen molar-refractivity contribution in [3.63, 3.8) is 0 Å². The number of nitrogens with one attached hydrogen (secondary N) is 2. The Labute approximate surface area is 236 Å². The lowest BCUT2D eigenvalue weighted by Gasteiger charge is -2.14. The van der Waals surface area contributed by atoms with Crippen molar-refractivity contribution in [1.82, 2.24) is 19.9 Å². The first kappa shape index (κ1) is 25.0. The summed E-state index contributed by atoms with van der Waals surface area (Å²) in [5.41, 5.74) is 5.57. The molecule has 192 valence electrons. The van der Waals surface area contributed by atoms with E-state index in [2.05, 4.69) is 53.2 Å². The van der Waals surface area contributed by atoms with Crippen molar-refractivity contribution in [3.8, 4) is 11.3 Å². The first-order valence-corrected chi connectivity index (χ1v) is 13.6. The molecule has 0 atom stereocenters. The fourth-order valence-corrected chi connectivity index (χ4v) is 4.81. The van der Waals surface area contributed by atoms with Gasteiger partial charge in [0.1, 0.15) is 11.6 Å². The average Bonchev–Trinajstić information content (AvgIpc) is 3.11. The van der Waals surface area contributed by atoms with Crippen LogP contribution in [0.3, 0.4) is 0 Å². The Morgan fingerprint density at radius 1 is 0.769 bits per heavy atom. The number of aromatic nitrogens is 4. The van der Waals surface area contributed by atoms with Crippen LogP contribution in [0.1, 0.15) is 22.3 Å². The second-order valence-corrected chi connectivity index (χ2v) is 9.51. The van der Waals surface area contributed by atoms with E-state index in [-0.39, 0.29) is 17.8 Å². The van der Waals surface area contributed by atoms with E-state index in [9.17, 15) is 8.78 Å². The third kappa shape index (κ3) is 5.19. The number of halogens is 3. The van der Waals surface area contributed by atoms with Crippen molar-refractivity contribution in [2.75, 3.05) is 10.6 Å². The highest BCUT2D eigenvalue weighted by Gasteiger charge is 2.25. The van der Waals surface area contributed by atoms with Crippen molar-refractivity contribution < 1.29 is 8.78 Å². The van der Waals surface area contributed by atoms with Crippen molar-refractivity contribution in [1.29, 1.82) is 0 Å². The number of benzene rings is 3. The minimum atomic E-state index is -0.657. The van der Waals surface area contributed by atoms with Crippen molar-refractivity contribution in [2.24, 2.45) is 4.99 Å². The molecular formula is C29H20F2IN7. The maximum absolute atomic E-state index is 14.9. The standard InChI is InChI=1S/C29H20F2IN7/c30-23-3-1-4-24(31)25(23)27-22-13-17(14-32)5-10-21(22)26-18(15-35-27)16-36-29(39-26)38-20-8-6-19(7-9-20)37-28-33-11-2-12-34-28/h1-13,16H,14-15H2,(H,33,34,37)(H,36,38,39). The topological polar surface area (TPSA) is 88.0 Å². The van der Waals surface area contributed by atoms with Gasteiger partial charge >= 0.3 is 0 Å². The zero-order chi connectivity index (χ0) is 26.8. The second-order valence-electron chi connectivity index (χ2n) is 8.74. The van der Waals surface area contributed by atoms with Gasteiger partial charge in [-0.2, -0.15) is 0 Å². The maximum atomic E-state index is 14.9. The number of nitrogens with zero attached hydrogens (tertiary/aromatic N) is 5. The van der Waals surface area contributed by atoms with Gasteiger partial charge in [-0.1, -0.05) is 40.8 Å². The first-order chi connectivity index (χ1) is 19.1. The van der Waals surface area contributed by atoms with Crippen LogP contribution in [0.5, 0.6) is 0 Å². The predicted molar refractivity (Wildman–Crippen MR) is 156 cm³/mol. The molecule has 0 spiro atoms. The molecule has 0 fully saturated rings. The van der Waals surface area contributed by atoms with Gasteiger partial charge in [0, 0.05) is 51.1 Å². The number of hydrogen-bond acceptors (Lipinski definition) is 7. The summed E-state index contributed by atoms with van der Waals surface area (Å²) >= 11 is 2.26. The fraction of sp³-hybridized carbons (Fsp3) is 0.0690. The van der Waals surface area contributed by atoms with E-state index in [0.29, 0.717) is 23.2 Å². The number of rotatable bonds is 6. The minimum Gasteiger partial charge on any atom is -0.324 e. The molecule has 3 heterocycles. The van der Waals surface area contributed by atoms with Gasteiger partial charge in [0.15, 0.2) is 0 Å². The quantitative estimate of drug-likeness (QED) is 0.155. The van der Waals surface area contributed by atoms with Gasteiger partial charge in [-0.3, -0.25) is 4.99 Å². The summed E-state index contributed by atoms with van der Waals surface area (Å²) in [5, 5.41) is 6.38. The van der Waals surface area contributed by atoms with Crippen LogP contribution < -0.4 is 10.6 Å². The molecule has 5 aromatic rings. The lowest BCUT2D eigenvalue weighted by Crippen LogP contribution is -2.10. The summed E-state index contributed by atoms with van der Waals surface area (Å²) in [6, 6.07) is 19.0. The van der Waals surface area contributed by atoms with Gasteiger partial charge in [0.2, 0.25) is 11.9 Å². The molecule has 6 rings (SSSR count). The monoisotopic (exact) mass is 631 g/mol. The van der Waals surface area contributed by atoms with E-state index in [0.717, 1.165) is 32.5 Å². The third-order valence-electron chi connectivity index (χ3n) is 6.18. The van der Waals surface area contributed by atoms with E-state index in [1.165, 1.54) is 18.2 Å². The molecule has 3 aromatic carbocycles. The van der Waals surface area contributed by atoms with Crippen LogP contribution in [0.4, 0.5) is 32.1 Å². The SMILES string of the molecule is Fc1cccc(F)c1C1=NCc2cnc(Nc3ccc(Nc4ncccn4)cc3)nc2-c2ccc(CI)cc21. The van der Waals surface area contributed by atoms with Gasteiger partial charge in [-0.15, -0.1) is 0 Å². The molecule has 39 heavy (non-hydrogen) atoms. The Morgan fingerprint density at radius 3 is 2.15 bits per heavy atom. The second kappa shape index (κ2) is 10.8. The van der Waals surface area contributed by atoms with Crippen molar-refractivity contribution >= 4 is 51.6 Å². The molecule has 0 unspecified atom stereocenters. The van der Waals surface area contributed by atoms with Crippen LogP contribution in [-0.2, 0) is 11.0 Å². The largest absolute Gasteiger partial charge is 0.324 e. The van der Waals surface area contributed by atoms with Crippen LogP contribution in [0.15, 0.2) is 90.3 Å². The van der Waals surface area contributed by atoms with E-state index < -0.39 is 11.6 Å². The Bertz CT molecular complexity index is 1670. The Kier molecular flexibility index (Phi) is 6.93. The lowest BCUT2D eigenvalue weighted by molar-refractivity contribution is 0.579. The van der Waals surface area contributed by atoms with Gasteiger partial charge in [-0.05, 0) is 54.1 Å². The molecule has 0 saturated carbocycles. The predicted octanol–water partition coefficient (Wildman–Crippen LogP) is 6.99. The van der Waals surface area contributed by atoms with Crippen LogP contribution >= 0.6 is 22.6 Å². The summed E-state index contributed by atoms with van der Waals surface area (Å²) in [7, 11) is 0. The summed E-state index contributed by atoms with van der Waals surface area (Å²) in [5.74, 6) is -0.412. The molecule has 1 aliphatic heterocycles. The number of aliphatic imine (C=N–C) groups is 1. The molecule has 0 amide bonds. The summed E-state index contributed by atoms with van der Waals surface area (Å²) < 4.78 is 30.5. The smallest absolute Gasteiger partial charge is 0.227 e. The lowest BCUT2D eigenvalue weighted by atomic mass is 9.93. The highest BCUT2D eigenvalue weighted by molar-refractivity contribution is 14.1. The van der Waals surface area contributed by atoms with Crippen LogP contribution in [-0.4, -0.2) is 25.6 Å². The zero-order valence-electron chi connectivity index (χ0n) is 20.4. The summed E-state index contributed by atoms with van der Waals surface area (Å²) in [6.45, 7) is 0.189. The molecule has 0 radical (unpaired) electrons. The number of anilines is 4. The Morgan fingerprint density at radius 2 is 1.46 bits per heavy atom. The van der Waals surface area contributed by atoms with Crippen LogP contribution in [0, 0.1) is 11.6 Å². The highest BCUT2D eigenvalue weighted by Crippen LogP contribution is 2.34. The highest BCUT2D eigenvalue weighted by atomic mass is 127. The molecule has 0 saturated heterocycles. The summed E-state index contributed by atoms with van der Waals surface area (Å²) in [6.07, 6.45) is 5.04. The van der Waals surface area contributed by atoms with Crippen molar-refractivity contribution in [2.45, 2.75) is 11.0 Å². The third-order valence-corrected chi connectivity index (χ3v) is 7.06. The Hall–Kier alpha value is -4.32. The van der Waals surface area contributed by atoms with E-state index in [1.807, 2.05) is 42.5 Å². The van der Waals surface area contributed by atoms with E-state index in [1.54, 1.807) is 24.7 Å². The molecule has 0 bridgehead atoms. The molecule has 10 heteroatoms. The molecule has 1 aliphatic rings. The molecular weight excluding hydrogens is 611 g/mol. The number of hydrogen-bond donors (Lipinski definition) is 2. The number of alkyl halides is 1. The maximum Gasteiger partial charge on any atom is 0.227 e. The number of fused-ring (bicyclic) bond motifs is 3. The van der Waals surface area contributed by atoms with E-state index >= 15 is 0 Å². The fourth-order valence-electron chi connectivity index (χ4n) is 4.34. The van der Waals surface area contributed by atoms with Gasteiger partial charge in [-0.25, -0.2) is 28.7 Å². The van der Waals surface area contributed by atoms with Gasteiger partial charge in [0.25, 0.3) is 0 Å². The van der Waals surface area contributed by atoms with E-state index in [4.69, 9.17) is 4.98 Å². The Balaban J connectivity index is 1.34. The van der Waals surface area contributed by atoms with Gasteiger partial charge < -0.3 is 10.6 Å². The minimum absolute atomic E-state index is 0.141. The normalized spacial score (nSPS) is 12.1. The molecule has 0 aliphatic carbocycles. The first-order valence-electron chi connectivity index (χ1n) is 12.0. The van der Waals surface area contributed by atoms with Crippen LogP contribution in [0.25, 0.3) is 11.3 Å². The molecule has 2 N–H and O–H groups in total. The molecule has 7 nitrogen and oxygen atoms in total. The van der Waals surface area contributed by atoms with Crippen LogP contribution in [0.2, 0.25) is 0 Å². The average molecular weight is 631 g/mol. The van der Waals surface area contributed by atoms with Gasteiger partial charge in [0.05, 0.1) is 23.5 Å². The zero-order valence-corrected chi connectivity index (χ0v) is 22.5. The van der Waals surface area contributed by atoms with Crippen molar-refractivity contribution in [3.05, 3.63) is 119 Å².